The molecule has 114 valence electrons. The van der Waals surface area contributed by atoms with Crippen LogP contribution in [-0.4, -0.2) is 24.5 Å². The first kappa shape index (κ1) is 17.6. The van der Waals surface area contributed by atoms with Gasteiger partial charge in [0.15, 0.2) is 0 Å². The summed E-state index contributed by atoms with van der Waals surface area (Å²) in [7, 11) is 0. The highest BCUT2D eigenvalue weighted by molar-refractivity contribution is 9.10. The third kappa shape index (κ3) is 4.83. The number of nitrogens with two attached hydrogens (primary N) is 1. The standard InChI is InChI=1S/C16H26BrFN2/c1-5-8-20(11-16(3,4)10-19)12(2)14-7-6-13(17)9-15(14)18/h6-7,9,12H,5,8,10-11,19H2,1-4H3. The molecular formula is C16H26BrFN2. The van der Waals surface area contributed by atoms with Crippen LogP contribution in [0.4, 0.5) is 4.39 Å². The van der Waals surface area contributed by atoms with Crippen molar-refractivity contribution >= 4 is 15.9 Å². The molecule has 1 atom stereocenters. The molecule has 0 spiro atoms. The molecule has 0 aliphatic rings. The highest BCUT2D eigenvalue weighted by Crippen LogP contribution is 2.28. The van der Waals surface area contributed by atoms with Crippen molar-refractivity contribution in [1.82, 2.24) is 4.90 Å². The Labute approximate surface area is 130 Å². The lowest BCUT2D eigenvalue weighted by atomic mass is 9.91. The molecule has 0 aliphatic heterocycles. The Morgan fingerprint density at radius 3 is 2.55 bits per heavy atom. The first-order valence-corrected chi connectivity index (χ1v) is 7.99. The largest absolute Gasteiger partial charge is 0.330 e. The molecule has 1 aromatic carbocycles. The van der Waals surface area contributed by atoms with Crippen molar-refractivity contribution in [3.63, 3.8) is 0 Å². The minimum absolute atomic E-state index is 0.0370. The summed E-state index contributed by atoms with van der Waals surface area (Å²) in [5.74, 6) is -0.154. The summed E-state index contributed by atoms with van der Waals surface area (Å²) in [6.07, 6.45) is 1.04. The van der Waals surface area contributed by atoms with Gasteiger partial charge < -0.3 is 5.73 Å². The Morgan fingerprint density at radius 2 is 2.05 bits per heavy atom. The zero-order valence-corrected chi connectivity index (χ0v) is 14.5. The van der Waals surface area contributed by atoms with Crippen molar-refractivity contribution in [2.75, 3.05) is 19.6 Å². The maximum Gasteiger partial charge on any atom is 0.129 e. The van der Waals surface area contributed by atoms with Crippen LogP contribution in [0.25, 0.3) is 0 Å². The Hall–Kier alpha value is -0.450. The lowest BCUT2D eigenvalue weighted by Crippen LogP contribution is -2.40. The van der Waals surface area contributed by atoms with Crippen LogP contribution in [0.3, 0.4) is 0 Å². The molecular weight excluding hydrogens is 319 g/mol. The molecule has 1 aromatic rings. The van der Waals surface area contributed by atoms with Crippen LogP contribution in [0.5, 0.6) is 0 Å². The molecule has 0 amide bonds. The maximum absolute atomic E-state index is 14.1. The van der Waals surface area contributed by atoms with Crippen LogP contribution in [0.15, 0.2) is 22.7 Å². The van der Waals surface area contributed by atoms with Gasteiger partial charge >= 0.3 is 0 Å². The van der Waals surface area contributed by atoms with Crippen LogP contribution in [0, 0.1) is 11.2 Å². The van der Waals surface area contributed by atoms with E-state index in [0.29, 0.717) is 6.54 Å². The molecule has 2 nitrogen and oxygen atoms in total. The quantitative estimate of drug-likeness (QED) is 0.796. The monoisotopic (exact) mass is 344 g/mol. The fraction of sp³-hybridized carbons (Fsp3) is 0.625. The molecule has 0 heterocycles. The van der Waals surface area contributed by atoms with Crippen molar-refractivity contribution in [3.8, 4) is 0 Å². The van der Waals surface area contributed by atoms with Gasteiger partial charge in [0.25, 0.3) is 0 Å². The molecule has 20 heavy (non-hydrogen) atoms. The number of hydrogen-bond donors (Lipinski definition) is 1. The molecule has 0 bridgehead atoms. The second kappa shape index (κ2) is 7.53. The van der Waals surface area contributed by atoms with Crippen molar-refractivity contribution in [3.05, 3.63) is 34.1 Å². The average Bonchev–Trinajstić information content (AvgIpc) is 2.37. The summed E-state index contributed by atoms with van der Waals surface area (Å²) in [5, 5.41) is 0. The van der Waals surface area contributed by atoms with Gasteiger partial charge in [-0.05, 0) is 44.0 Å². The number of rotatable bonds is 7. The summed E-state index contributed by atoms with van der Waals surface area (Å²) in [6, 6.07) is 5.34. The van der Waals surface area contributed by atoms with Gasteiger partial charge in [-0.15, -0.1) is 0 Å². The SMILES string of the molecule is CCCN(CC(C)(C)CN)C(C)c1ccc(Br)cc1F. The highest BCUT2D eigenvalue weighted by atomic mass is 79.9. The van der Waals surface area contributed by atoms with Gasteiger partial charge in [-0.2, -0.15) is 0 Å². The number of halogens is 2. The molecule has 0 fully saturated rings. The Bertz CT molecular complexity index is 434. The number of nitrogens with zero attached hydrogens (tertiary/aromatic N) is 1. The zero-order chi connectivity index (χ0) is 15.3. The summed E-state index contributed by atoms with van der Waals surface area (Å²) >= 11 is 3.30. The number of hydrogen-bond acceptors (Lipinski definition) is 2. The van der Waals surface area contributed by atoms with E-state index in [9.17, 15) is 4.39 Å². The maximum atomic E-state index is 14.1. The average molecular weight is 345 g/mol. The van der Waals surface area contributed by atoms with Crippen LogP contribution in [0.1, 0.15) is 45.7 Å². The molecule has 0 aliphatic carbocycles. The smallest absolute Gasteiger partial charge is 0.129 e. The van der Waals surface area contributed by atoms with E-state index in [2.05, 4.69) is 48.5 Å². The summed E-state index contributed by atoms with van der Waals surface area (Å²) in [6.45, 7) is 11.0. The molecule has 0 radical (unpaired) electrons. The fourth-order valence-corrected chi connectivity index (χ4v) is 2.68. The number of benzene rings is 1. The van der Waals surface area contributed by atoms with Crippen LogP contribution in [-0.2, 0) is 0 Å². The van der Waals surface area contributed by atoms with E-state index in [4.69, 9.17) is 5.73 Å². The van der Waals surface area contributed by atoms with Gasteiger partial charge in [0.05, 0.1) is 0 Å². The Kier molecular flexibility index (Phi) is 6.62. The van der Waals surface area contributed by atoms with Crippen molar-refractivity contribution < 1.29 is 4.39 Å². The summed E-state index contributed by atoms with van der Waals surface area (Å²) in [5.41, 5.74) is 6.61. The normalized spacial score (nSPS) is 13.8. The van der Waals surface area contributed by atoms with E-state index in [1.165, 1.54) is 6.07 Å². The van der Waals surface area contributed by atoms with E-state index in [0.717, 1.165) is 29.5 Å². The second-order valence-electron chi connectivity index (χ2n) is 6.18. The van der Waals surface area contributed by atoms with Crippen LogP contribution < -0.4 is 5.73 Å². The Morgan fingerprint density at radius 1 is 1.40 bits per heavy atom. The van der Waals surface area contributed by atoms with Crippen LogP contribution in [0.2, 0.25) is 0 Å². The van der Waals surface area contributed by atoms with Gasteiger partial charge in [0.2, 0.25) is 0 Å². The van der Waals surface area contributed by atoms with E-state index >= 15 is 0 Å². The minimum Gasteiger partial charge on any atom is -0.330 e. The molecule has 2 N–H and O–H groups in total. The van der Waals surface area contributed by atoms with E-state index in [1.807, 2.05) is 12.1 Å². The Balaban J connectivity index is 2.95. The van der Waals surface area contributed by atoms with E-state index in [-0.39, 0.29) is 17.3 Å². The fourth-order valence-electron chi connectivity index (χ4n) is 2.35. The lowest BCUT2D eigenvalue weighted by molar-refractivity contribution is 0.138. The third-order valence-electron chi connectivity index (χ3n) is 3.65. The van der Waals surface area contributed by atoms with Crippen molar-refractivity contribution in [2.45, 2.75) is 40.2 Å². The van der Waals surface area contributed by atoms with Crippen molar-refractivity contribution in [1.29, 1.82) is 0 Å². The highest BCUT2D eigenvalue weighted by Gasteiger charge is 2.25. The molecule has 4 heteroatoms. The van der Waals surface area contributed by atoms with E-state index in [1.54, 1.807) is 0 Å². The van der Waals surface area contributed by atoms with Gasteiger partial charge in [0, 0.05) is 22.6 Å². The lowest BCUT2D eigenvalue weighted by Gasteiger charge is -2.36. The van der Waals surface area contributed by atoms with Gasteiger partial charge in [-0.3, -0.25) is 4.90 Å². The van der Waals surface area contributed by atoms with Crippen molar-refractivity contribution in [2.24, 2.45) is 11.1 Å². The molecule has 1 unspecified atom stereocenters. The molecule has 0 saturated heterocycles. The first-order chi connectivity index (χ1) is 9.30. The topological polar surface area (TPSA) is 29.3 Å². The van der Waals surface area contributed by atoms with Crippen LogP contribution >= 0.6 is 15.9 Å². The minimum atomic E-state index is -0.154. The van der Waals surface area contributed by atoms with Gasteiger partial charge in [-0.1, -0.05) is 42.8 Å². The third-order valence-corrected chi connectivity index (χ3v) is 4.15. The molecule has 0 saturated carbocycles. The predicted octanol–water partition coefficient (Wildman–Crippen LogP) is 4.35. The molecule has 1 rings (SSSR count). The first-order valence-electron chi connectivity index (χ1n) is 7.20. The van der Waals surface area contributed by atoms with Gasteiger partial charge in [0.1, 0.15) is 5.82 Å². The van der Waals surface area contributed by atoms with Gasteiger partial charge in [-0.25, -0.2) is 4.39 Å². The zero-order valence-electron chi connectivity index (χ0n) is 12.9. The summed E-state index contributed by atoms with van der Waals surface area (Å²) in [4.78, 5) is 2.32. The predicted molar refractivity (Wildman–Crippen MR) is 87.2 cm³/mol. The van der Waals surface area contributed by atoms with E-state index < -0.39 is 0 Å². The second-order valence-corrected chi connectivity index (χ2v) is 7.10. The summed E-state index contributed by atoms with van der Waals surface area (Å²) < 4.78 is 14.9. The molecule has 0 aromatic heterocycles.